The number of hydrazine groups is 1. The molecular formula is C16H22N2O6. The molecule has 8 nitrogen and oxygen atoms in total. The molecule has 2 fully saturated rings. The third-order valence-electron chi connectivity index (χ3n) is 4.25. The number of ether oxygens (including phenoxy) is 2. The maximum atomic E-state index is 12.6. The molecule has 1 aliphatic carbocycles. The summed E-state index contributed by atoms with van der Waals surface area (Å²) in [6, 6.07) is 0. The number of imide groups is 1. The van der Waals surface area contributed by atoms with Gasteiger partial charge >= 0.3 is 12.1 Å². The molecule has 0 aromatic heterocycles. The van der Waals surface area contributed by atoms with Gasteiger partial charge in [0, 0.05) is 6.08 Å². The number of fused-ring (bicyclic) bond motifs is 1. The number of amides is 3. The summed E-state index contributed by atoms with van der Waals surface area (Å²) in [5.41, 5.74) is 0. The minimum absolute atomic E-state index is 0.102. The van der Waals surface area contributed by atoms with Crippen LogP contribution in [-0.2, 0) is 23.9 Å². The van der Waals surface area contributed by atoms with Gasteiger partial charge in [0.15, 0.2) is 0 Å². The number of carbonyl (C=O) groups excluding carboxylic acids is 4. The van der Waals surface area contributed by atoms with Gasteiger partial charge in [0.25, 0.3) is 11.8 Å². The van der Waals surface area contributed by atoms with Crippen LogP contribution in [0.3, 0.4) is 0 Å². The van der Waals surface area contributed by atoms with Gasteiger partial charge in [0.05, 0.1) is 25.0 Å². The van der Waals surface area contributed by atoms with Gasteiger partial charge in [-0.2, -0.15) is 5.01 Å². The Morgan fingerprint density at radius 3 is 2.29 bits per heavy atom. The minimum Gasteiger partial charge on any atom is -0.461 e. The number of esters is 1. The van der Waals surface area contributed by atoms with E-state index in [-0.39, 0.29) is 43.4 Å². The highest BCUT2D eigenvalue weighted by atomic mass is 16.6. The SMILES string of the molecule is C=CC(=O)OCCN(C(=O)OCC)N1C(=O)C2CCCCC2C1=O. The molecule has 2 rings (SSSR count). The van der Waals surface area contributed by atoms with Crippen LogP contribution >= 0.6 is 0 Å². The topological polar surface area (TPSA) is 93.2 Å². The van der Waals surface area contributed by atoms with E-state index in [1.807, 2.05) is 0 Å². The smallest absolute Gasteiger partial charge is 0.429 e. The van der Waals surface area contributed by atoms with Crippen molar-refractivity contribution in [2.24, 2.45) is 11.8 Å². The molecule has 1 saturated heterocycles. The maximum absolute atomic E-state index is 12.6. The molecule has 3 amide bonds. The van der Waals surface area contributed by atoms with E-state index in [2.05, 4.69) is 6.58 Å². The Balaban J connectivity index is 2.14. The zero-order valence-electron chi connectivity index (χ0n) is 13.7. The molecule has 132 valence electrons. The summed E-state index contributed by atoms with van der Waals surface area (Å²) < 4.78 is 9.77. The van der Waals surface area contributed by atoms with Gasteiger partial charge in [0.2, 0.25) is 0 Å². The van der Waals surface area contributed by atoms with Gasteiger partial charge < -0.3 is 9.47 Å². The van der Waals surface area contributed by atoms with Crippen LogP contribution in [0.5, 0.6) is 0 Å². The lowest BCUT2D eigenvalue weighted by Crippen LogP contribution is -2.51. The molecule has 0 bridgehead atoms. The van der Waals surface area contributed by atoms with Crippen molar-refractivity contribution < 1.29 is 28.7 Å². The summed E-state index contributed by atoms with van der Waals surface area (Å²) in [4.78, 5) is 48.5. The Morgan fingerprint density at radius 1 is 1.21 bits per heavy atom. The fourth-order valence-electron chi connectivity index (χ4n) is 3.15. The monoisotopic (exact) mass is 338 g/mol. The van der Waals surface area contributed by atoms with Crippen LogP contribution in [0.15, 0.2) is 12.7 Å². The largest absolute Gasteiger partial charge is 0.461 e. The van der Waals surface area contributed by atoms with E-state index in [0.717, 1.165) is 28.9 Å². The van der Waals surface area contributed by atoms with Crippen LogP contribution in [0.1, 0.15) is 32.6 Å². The highest BCUT2D eigenvalue weighted by Gasteiger charge is 2.51. The number of nitrogens with zero attached hydrogens (tertiary/aromatic N) is 2. The van der Waals surface area contributed by atoms with Crippen molar-refractivity contribution in [2.75, 3.05) is 19.8 Å². The molecule has 8 heteroatoms. The molecule has 2 atom stereocenters. The van der Waals surface area contributed by atoms with Crippen molar-refractivity contribution in [1.29, 1.82) is 0 Å². The zero-order valence-corrected chi connectivity index (χ0v) is 13.7. The molecule has 0 radical (unpaired) electrons. The van der Waals surface area contributed by atoms with Crippen LogP contribution < -0.4 is 0 Å². The average Bonchev–Trinajstić information content (AvgIpc) is 2.83. The molecule has 1 heterocycles. The lowest BCUT2D eigenvalue weighted by Gasteiger charge is -2.29. The summed E-state index contributed by atoms with van der Waals surface area (Å²) in [5, 5.41) is 1.81. The summed E-state index contributed by atoms with van der Waals surface area (Å²) in [6.07, 6.45) is 3.26. The van der Waals surface area contributed by atoms with E-state index < -0.39 is 12.1 Å². The standard InChI is InChI=1S/C16H22N2O6/c1-3-13(19)24-10-9-17(16(22)23-4-2)18-14(20)11-7-5-6-8-12(11)15(18)21/h3,11-12H,1,4-10H2,2H3. The number of carbonyl (C=O) groups is 4. The Labute approximate surface area is 140 Å². The molecular weight excluding hydrogens is 316 g/mol. The molecule has 0 aromatic rings. The molecule has 0 aromatic carbocycles. The third-order valence-corrected chi connectivity index (χ3v) is 4.25. The Morgan fingerprint density at radius 2 is 1.79 bits per heavy atom. The normalized spacial score (nSPS) is 22.8. The van der Waals surface area contributed by atoms with E-state index in [9.17, 15) is 19.2 Å². The van der Waals surface area contributed by atoms with Crippen molar-refractivity contribution in [2.45, 2.75) is 32.6 Å². The van der Waals surface area contributed by atoms with Crippen LogP contribution in [0.4, 0.5) is 4.79 Å². The van der Waals surface area contributed by atoms with Crippen LogP contribution in [-0.4, -0.2) is 53.7 Å². The highest BCUT2D eigenvalue weighted by Crippen LogP contribution is 2.38. The predicted octanol–water partition coefficient (Wildman–Crippen LogP) is 1.26. The number of hydrogen-bond acceptors (Lipinski definition) is 6. The third kappa shape index (κ3) is 3.58. The van der Waals surface area contributed by atoms with Gasteiger partial charge in [-0.1, -0.05) is 19.4 Å². The minimum atomic E-state index is -0.813. The first-order valence-corrected chi connectivity index (χ1v) is 8.12. The first kappa shape index (κ1) is 18.0. The Hall–Kier alpha value is -2.38. The fraction of sp³-hybridized carbons (Fsp3) is 0.625. The summed E-state index contributed by atoms with van der Waals surface area (Å²) in [6.45, 7) is 4.69. The van der Waals surface area contributed by atoms with E-state index in [1.165, 1.54) is 0 Å². The highest BCUT2D eigenvalue weighted by molar-refractivity contribution is 6.05. The van der Waals surface area contributed by atoms with Gasteiger partial charge in [-0.05, 0) is 19.8 Å². The molecule has 2 unspecified atom stereocenters. The van der Waals surface area contributed by atoms with Crippen molar-refractivity contribution in [3.63, 3.8) is 0 Å². The number of rotatable bonds is 6. The summed E-state index contributed by atoms with van der Waals surface area (Å²) >= 11 is 0. The Bertz CT molecular complexity index is 523. The van der Waals surface area contributed by atoms with Crippen molar-refractivity contribution in [1.82, 2.24) is 10.0 Å². The average molecular weight is 338 g/mol. The van der Waals surface area contributed by atoms with Crippen molar-refractivity contribution in [3.8, 4) is 0 Å². The first-order valence-electron chi connectivity index (χ1n) is 8.12. The van der Waals surface area contributed by atoms with Gasteiger partial charge in [-0.25, -0.2) is 14.6 Å². The van der Waals surface area contributed by atoms with Crippen LogP contribution in [0, 0.1) is 11.8 Å². The Kier molecular flexibility index (Phi) is 5.94. The van der Waals surface area contributed by atoms with E-state index in [0.29, 0.717) is 12.8 Å². The van der Waals surface area contributed by atoms with E-state index >= 15 is 0 Å². The maximum Gasteiger partial charge on any atom is 0.429 e. The van der Waals surface area contributed by atoms with Crippen molar-refractivity contribution in [3.05, 3.63) is 12.7 Å². The number of hydrogen-bond donors (Lipinski definition) is 0. The van der Waals surface area contributed by atoms with Crippen LogP contribution in [0.25, 0.3) is 0 Å². The van der Waals surface area contributed by atoms with Gasteiger partial charge in [-0.3, -0.25) is 9.59 Å². The van der Waals surface area contributed by atoms with Gasteiger partial charge in [0.1, 0.15) is 6.61 Å². The second-order valence-corrected chi connectivity index (χ2v) is 5.68. The molecule has 1 aliphatic heterocycles. The van der Waals surface area contributed by atoms with Gasteiger partial charge in [-0.15, -0.1) is 0 Å². The molecule has 2 aliphatic rings. The van der Waals surface area contributed by atoms with E-state index in [1.54, 1.807) is 6.92 Å². The molecule has 0 N–H and O–H groups in total. The molecule has 0 spiro atoms. The van der Waals surface area contributed by atoms with Crippen molar-refractivity contribution >= 4 is 23.9 Å². The predicted molar refractivity (Wildman–Crippen MR) is 82.2 cm³/mol. The second-order valence-electron chi connectivity index (χ2n) is 5.68. The molecule has 24 heavy (non-hydrogen) atoms. The lowest BCUT2D eigenvalue weighted by molar-refractivity contribution is -0.157. The first-order chi connectivity index (χ1) is 11.5. The summed E-state index contributed by atoms with van der Waals surface area (Å²) in [7, 11) is 0. The quantitative estimate of drug-likeness (QED) is 0.411. The zero-order chi connectivity index (χ0) is 17.7. The summed E-state index contributed by atoms with van der Waals surface area (Å²) in [5.74, 6) is -2.16. The lowest BCUT2D eigenvalue weighted by atomic mass is 9.81. The molecule has 1 saturated carbocycles. The van der Waals surface area contributed by atoms with Crippen LogP contribution in [0.2, 0.25) is 0 Å². The van der Waals surface area contributed by atoms with E-state index in [4.69, 9.17) is 9.47 Å². The fourth-order valence-corrected chi connectivity index (χ4v) is 3.15. The second kappa shape index (κ2) is 7.94.